The summed E-state index contributed by atoms with van der Waals surface area (Å²) >= 11 is 0. The average molecular weight is 172 g/mol. The highest BCUT2D eigenvalue weighted by atomic mass is 14.5. The number of benzene rings is 1. The number of hydrogen-bond acceptors (Lipinski definition) is 2. The lowest BCUT2D eigenvalue weighted by atomic mass is 10.0. The summed E-state index contributed by atoms with van der Waals surface area (Å²) in [6.07, 6.45) is 3.75. The molecule has 0 spiro atoms. The van der Waals surface area contributed by atoms with Crippen LogP contribution in [-0.4, -0.2) is 6.54 Å². The Hall–Kier alpha value is -1.59. The molecule has 0 radical (unpaired) electrons. The fraction of sp³-hybridized carbons (Fsp3) is 0.182. The van der Waals surface area contributed by atoms with Crippen LogP contribution in [0.15, 0.2) is 24.3 Å². The summed E-state index contributed by atoms with van der Waals surface area (Å²) in [7, 11) is 0. The topological polar surface area (TPSA) is 49.8 Å². The summed E-state index contributed by atoms with van der Waals surface area (Å²) < 4.78 is 0. The molecular weight excluding hydrogens is 160 g/mol. The molecule has 2 heteroatoms. The second-order valence-corrected chi connectivity index (χ2v) is 2.79. The van der Waals surface area contributed by atoms with Gasteiger partial charge in [0.1, 0.15) is 0 Å². The van der Waals surface area contributed by atoms with E-state index in [4.69, 9.17) is 11.0 Å². The predicted molar refractivity (Wildman–Crippen MR) is 54.0 cm³/mol. The molecule has 0 amide bonds. The van der Waals surface area contributed by atoms with Gasteiger partial charge in [0, 0.05) is 6.54 Å². The zero-order valence-corrected chi connectivity index (χ0v) is 7.62. The maximum absolute atomic E-state index is 8.83. The Morgan fingerprint density at radius 2 is 2.31 bits per heavy atom. The van der Waals surface area contributed by atoms with Crippen molar-refractivity contribution in [2.75, 3.05) is 6.54 Å². The Morgan fingerprint density at radius 3 is 2.92 bits per heavy atom. The number of rotatable bonds is 2. The van der Waals surface area contributed by atoms with Gasteiger partial charge in [0.25, 0.3) is 0 Å². The highest BCUT2D eigenvalue weighted by Crippen LogP contribution is 2.14. The van der Waals surface area contributed by atoms with Crippen LogP contribution in [0.4, 0.5) is 0 Å². The van der Waals surface area contributed by atoms with Gasteiger partial charge in [-0.2, -0.15) is 5.26 Å². The monoisotopic (exact) mass is 172 g/mol. The molecule has 0 fully saturated rings. The molecule has 1 aromatic carbocycles. The van der Waals surface area contributed by atoms with Crippen LogP contribution in [0.2, 0.25) is 0 Å². The van der Waals surface area contributed by atoms with Gasteiger partial charge in [-0.05, 0) is 24.1 Å². The van der Waals surface area contributed by atoms with E-state index in [2.05, 4.69) is 6.07 Å². The zero-order chi connectivity index (χ0) is 9.68. The third-order valence-electron chi connectivity index (χ3n) is 1.87. The van der Waals surface area contributed by atoms with Gasteiger partial charge >= 0.3 is 0 Å². The molecule has 0 aliphatic heterocycles. The van der Waals surface area contributed by atoms with Crippen LogP contribution >= 0.6 is 0 Å². The fourth-order valence-electron chi connectivity index (χ4n) is 1.19. The average Bonchev–Trinajstić information content (AvgIpc) is 2.15. The van der Waals surface area contributed by atoms with Crippen LogP contribution in [0.5, 0.6) is 0 Å². The van der Waals surface area contributed by atoms with Crippen molar-refractivity contribution in [2.24, 2.45) is 5.73 Å². The molecule has 1 aromatic rings. The van der Waals surface area contributed by atoms with E-state index in [-0.39, 0.29) is 0 Å². The molecule has 0 aliphatic carbocycles. The fourth-order valence-corrected chi connectivity index (χ4v) is 1.19. The highest BCUT2D eigenvalue weighted by Gasteiger charge is 1.99. The molecule has 0 aromatic heterocycles. The summed E-state index contributed by atoms with van der Waals surface area (Å²) in [6, 6.07) is 7.83. The molecule has 0 saturated heterocycles. The van der Waals surface area contributed by atoms with Gasteiger partial charge in [-0.15, -0.1) is 0 Å². The summed E-state index contributed by atoms with van der Waals surface area (Å²) in [4.78, 5) is 0. The highest BCUT2D eigenvalue weighted by molar-refractivity contribution is 5.61. The summed E-state index contributed by atoms with van der Waals surface area (Å²) in [5.74, 6) is 0. The molecule has 0 heterocycles. The Kier molecular flexibility index (Phi) is 3.24. The first-order chi connectivity index (χ1) is 6.29. The zero-order valence-electron chi connectivity index (χ0n) is 7.62. The molecule has 1 rings (SSSR count). The molecule has 0 unspecified atom stereocenters. The normalized spacial score (nSPS) is 10.2. The lowest BCUT2D eigenvalue weighted by Crippen LogP contribution is -1.93. The first-order valence-electron chi connectivity index (χ1n) is 4.16. The van der Waals surface area contributed by atoms with E-state index in [9.17, 15) is 0 Å². The van der Waals surface area contributed by atoms with Gasteiger partial charge < -0.3 is 5.73 Å². The quantitative estimate of drug-likeness (QED) is 0.740. The molecule has 0 atom stereocenters. The minimum Gasteiger partial charge on any atom is -0.327 e. The van der Waals surface area contributed by atoms with Crippen LogP contribution in [-0.2, 0) is 0 Å². The molecule has 0 bridgehead atoms. The SMILES string of the molecule is Cc1cccc(C#N)c1C=CCN. The van der Waals surface area contributed by atoms with Crippen molar-refractivity contribution in [3.63, 3.8) is 0 Å². The Labute approximate surface area is 78.3 Å². The second kappa shape index (κ2) is 4.44. The molecule has 0 aliphatic rings. The lowest BCUT2D eigenvalue weighted by Gasteiger charge is -2.01. The minimum absolute atomic E-state index is 0.499. The summed E-state index contributed by atoms with van der Waals surface area (Å²) in [6.45, 7) is 2.48. The van der Waals surface area contributed by atoms with Gasteiger partial charge in [0.05, 0.1) is 11.6 Å². The number of aryl methyl sites for hydroxylation is 1. The third kappa shape index (κ3) is 2.17. The van der Waals surface area contributed by atoms with E-state index in [1.54, 1.807) is 0 Å². The Morgan fingerprint density at radius 1 is 1.54 bits per heavy atom. The number of hydrogen-bond donors (Lipinski definition) is 1. The molecular formula is C11H12N2. The molecule has 66 valence electrons. The van der Waals surface area contributed by atoms with E-state index in [1.807, 2.05) is 37.3 Å². The van der Waals surface area contributed by atoms with E-state index in [1.165, 1.54) is 0 Å². The largest absolute Gasteiger partial charge is 0.327 e. The minimum atomic E-state index is 0.499. The van der Waals surface area contributed by atoms with E-state index in [0.29, 0.717) is 12.1 Å². The first kappa shape index (κ1) is 9.50. The van der Waals surface area contributed by atoms with Crippen molar-refractivity contribution in [3.05, 3.63) is 41.0 Å². The van der Waals surface area contributed by atoms with E-state index >= 15 is 0 Å². The van der Waals surface area contributed by atoms with Crippen molar-refractivity contribution in [1.29, 1.82) is 5.26 Å². The molecule has 13 heavy (non-hydrogen) atoms. The third-order valence-corrected chi connectivity index (χ3v) is 1.87. The second-order valence-electron chi connectivity index (χ2n) is 2.79. The molecule has 2 N–H and O–H groups in total. The van der Waals surface area contributed by atoms with Crippen molar-refractivity contribution in [1.82, 2.24) is 0 Å². The van der Waals surface area contributed by atoms with E-state index < -0.39 is 0 Å². The smallest absolute Gasteiger partial charge is 0.0998 e. The van der Waals surface area contributed by atoms with Crippen LogP contribution in [0, 0.1) is 18.3 Å². The Balaban J connectivity index is 3.17. The number of nitriles is 1. The van der Waals surface area contributed by atoms with Crippen molar-refractivity contribution < 1.29 is 0 Å². The first-order valence-corrected chi connectivity index (χ1v) is 4.16. The van der Waals surface area contributed by atoms with Crippen LogP contribution < -0.4 is 5.73 Å². The van der Waals surface area contributed by atoms with E-state index in [0.717, 1.165) is 11.1 Å². The van der Waals surface area contributed by atoms with Crippen LogP contribution in [0.3, 0.4) is 0 Å². The van der Waals surface area contributed by atoms with Crippen LogP contribution in [0.1, 0.15) is 16.7 Å². The number of nitrogens with two attached hydrogens (primary N) is 1. The number of nitrogens with zero attached hydrogens (tertiary/aromatic N) is 1. The maximum Gasteiger partial charge on any atom is 0.0998 e. The van der Waals surface area contributed by atoms with Crippen molar-refractivity contribution in [2.45, 2.75) is 6.92 Å². The standard InChI is InChI=1S/C11H12N2/c1-9-4-2-5-10(8-13)11(9)6-3-7-12/h2-6H,7,12H2,1H3. The summed E-state index contributed by atoms with van der Waals surface area (Å²) in [5.41, 5.74) is 8.12. The maximum atomic E-state index is 8.83. The van der Waals surface area contributed by atoms with Crippen molar-refractivity contribution >= 4 is 6.08 Å². The van der Waals surface area contributed by atoms with Gasteiger partial charge in [0.15, 0.2) is 0 Å². The lowest BCUT2D eigenvalue weighted by molar-refractivity contribution is 1.26. The summed E-state index contributed by atoms with van der Waals surface area (Å²) in [5, 5.41) is 8.83. The van der Waals surface area contributed by atoms with Gasteiger partial charge in [-0.3, -0.25) is 0 Å². The molecule has 0 saturated carbocycles. The van der Waals surface area contributed by atoms with Crippen LogP contribution in [0.25, 0.3) is 6.08 Å². The Bertz CT molecular complexity index is 359. The van der Waals surface area contributed by atoms with Gasteiger partial charge in [-0.1, -0.05) is 24.3 Å². The van der Waals surface area contributed by atoms with Gasteiger partial charge in [0.2, 0.25) is 0 Å². The predicted octanol–water partition coefficient (Wildman–Crippen LogP) is 1.84. The molecule has 2 nitrogen and oxygen atoms in total. The van der Waals surface area contributed by atoms with Crippen molar-refractivity contribution in [3.8, 4) is 6.07 Å². The van der Waals surface area contributed by atoms with Gasteiger partial charge in [-0.25, -0.2) is 0 Å².